The van der Waals surface area contributed by atoms with E-state index < -0.39 is 0 Å². The van der Waals surface area contributed by atoms with Gasteiger partial charge < -0.3 is 9.59 Å². The molecule has 44 heavy (non-hydrogen) atoms. The van der Waals surface area contributed by atoms with Crippen LogP contribution in [0.25, 0.3) is 0 Å². The van der Waals surface area contributed by atoms with Gasteiger partial charge in [-0.3, -0.25) is 0 Å². The minimum Gasteiger partial charge on any atom is -0.392 e. The van der Waals surface area contributed by atoms with Crippen molar-refractivity contribution in [1.82, 2.24) is 0 Å². The number of hydrogen-bond donors (Lipinski definition) is 1. The molecule has 0 aromatic heterocycles. The Balaban J connectivity index is 1.65. The number of piperidine rings is 1. The van der Waals surface area contributed by atoms with Crippen molar-refractivity contribution < 1.29 is 9.59 Å². The van der Waals surface area contributed by atoms with Gasteiger partial charge in [0.2, 0.25) is 0 Å². The third-order valence-corrected chi connectivity index (χ3v) is 10.4. The molecule has 0 spiro atoms. The number of benzene rings is 4. The van der Waals surface area contributed by atoms with Crippen molar-refractivity contribution in [2.24, 2.45) is 0 Å². The van der Waals surface area contributed by atoms with Gasteiger partial charge in [-0.25, -0.2) is 0 Å². The third kappa shape index (κ3) is 7.53. The van der Waals surface area contributed by atoms with Gasteiger partial charge in [0, 0.05) is 5.56 Å². The number of quaternary nitrogens is 1. The molecule has 0 amide bonds. The van der Waals surface area contributed by atoms with Crippen molar-refractivity contribution in [3.63, 3.8) is 0 Å². The summed E-state index contributed by atoms with van der Waals surface area (Å²) >= 11 is 0. The molecule has 1 heterocycles. The molecule has 0 saturated carbocycles. The maximum Gasteiger partial charge on any atom is 0.104 e. The Bertz CT molecular complexity index is 1490. The highest BCUT2D eigenvalue weighted by Crippen LogP contribution is 2.50. The normalized spacial score (nSPS) is 17.9. The van der Waals surface area contributed by atoms with E-state index in [4.69, 9.17) is 0 Å². The van der Waals surface area contributed by atoms with E-state index in [-0.39, 0.29) is 29.8 Å². The van der Waals surface area contributed by atoms with Crippen molar-refractivity contribution in [3.8, 4) is 0 Å². The zero-order chi connectivity index (χ0) is 31.3. The van der Waals surface area contributed by atoms with Crippen LogP contribution in [-0.4, -0.2) is 29.7 Å². The first-order valence-electron chi connectivity index (χ1n) is 16.9. The van der Waals surface area contributed by atoms with E-state index in [2.05, 4.69) is 139 Å². The molecule has 4 aromatic rings. The Morgan fingerprint density at radius 3 is 1.77 bits per heavy atom. The summed E-state index contributed by atoms with van der Waals surface area (Å²) in [6, 6.07) is 38.7. The lowest BCUT2D eigenvalue weighted by Gasteiger charge is -2.39. The maximum absolute atomic E-state index is 10.0. The van der Waals surface area contributed by atoms with E-state index in [1.807, 2.05) is 6.07 Å². The summed E-state index contributed by atoms with van der Waals surface area (Å²) < 4.78 is 1.14. The van der Waals surface area contributed by atoms with Gasteiger partial charge in [-0.2, -0.15) is 0 Å². The highest BCUT2D eigenvalue weighted by molar-refractivity contribution is 5.41. The van der Waals surface area contributed by atoms with Crippen LogP contribution in [0.2, 0.25) is 0 Å². The Labute approximate surface area is 267 Å². The van der Waals surface area contributed by atoms with Gasteiger partial charge in [0.05, 0.1) is 26.7 Å². The molecule has 0 radical (unpaired) electrons. The monoisotopic (exact) mass is 588 g/mol. The van der Waals surface area contributed by atoms with E-state index in [0.29, 0.717) is 5.92 Å². The van der Waals surface area contributed by atoms with Gasteiger partial charge in [-0.15, -0.1) is 0 Å². The Morgan fingerprint density at radius 2 is 1.14 bits per heavy atom. The average molecular weight is 589 g/mol. The fourth-order valence-corrected chi connectivity index (χ4v) is 7.74. The van der Waals surface area contributed by atoms with Crippen molar-refractivity contribution >= 4 is 0 Å². The molecule has 1 N–H and O–H groups in total. The Kier molecular flexibility index (Phi) is 10.1. The fraction of sp³-hybridized carbons (Fsp3) is 0.429. The summed E-state index contributed by atoms with van der Waals surface area (Å²) in [6.45, 7) is 15.5. The van der Waals surface area contributed by atoms with Crippen LogP contribution in [-0.2, 0) is 18.6 Å². The minimum absolute atomic E-state index is 0.0648. The van der Waals surface area contributed by atoms with Crippen molar-refractivity contribution in [2.45, 2.75) is 96.1 Å². The van der Waals surface area contributed by atoms with E-state index in [1.165, 1.54) is 65.7 Å². The predicted molar refractivity (Wildman–Crippen MR) is 186 cm³/mol. The number of nitrogens with zero attached hydrogens (tertiary/aromatic N) is 1. The molecule has 4 atom stereocenters. The lowest BCUT2D eigenvalue weighted by Crippen LogP contribution is -2.46. The molecule has 1 aliphatic rings. The van der Waals surface area contributed by atoms with Crippen molar-refractivity contribution in [2.75, 3.05) is 20.1 Å². The third-order valence-electron chi connectivity index (χ3n) is 10.4. The van der Waals surface area contributed by atoms with E-state index in [9.17, 15) is 5.11 Å². The van der Waals surface area contributed by atoms with Gasteiger partial charge >= 0.3 is 0 Å². The lowest BCUT2D eigenvalue weighted by molar-refractivity contribution is -0.926. The van der Waals surface area contributed by atoms with Crippen LogP contribution in [0.4, 0.5) is 0 Å². The first-order chi connectivity index (χ1) is 21.1. The van der Waals surface area contributed by atoms with Gasteiger partial charge in [-0.1, -0.05) is 132 Å². The van der Waals surface area contributed by atoms with Gasteiger partial charge in [0.15, 0.2) is 0 Å². The zero-order valence-electron chi connectivity index (χ0n) is 28.0. The number of aliphatic hydroxyl groups is 1. The molecule has 2 heteroatoms. The second-order valence-electron chi connectivity index (χ2n) is 14.8. The van der Waals surface area contributed by atoms with Crippen molar-refractivity contribution in [1.29, 1.82) is 0 Å². The van der Waals surface area contributed by atoms with Gasteiger partial charge in [0.25, 0.3) is 0 Å². The molecule has 1 saturated heterocycles. The second kappa shape index (κ2) is 13.8. The topological polar surface area (TPSA) is 20.2 Å². The van der Waals surface area contributed by atoms with Crippen LogP contribution in [0.15, 0.2) is 103 Å². The van der Waals surface area contributed by atoms with Crippen LogP contribution in [0.3, 0.4) is 0 Å². The molecule has 2 nitrogen and oxygen atoms in total. The highest BCUT2D eigenvalue weighted by Gasteiger charge is 2.36. The van der Waals surface area contributed by atoms with Crippen LogP contribution < -0.4 is 0 Å². The number of aliphatic hydroxyl groups excluding tert-OH is 1. The maximum atomic E-state index is 10.0. The summed E-state index contributed by atoms with van der Waals surface area (Å²) in [6.07, 6.45) is 4.03. The average Bonchev–Trinajstić information content (AvgIpc) is 3.03. The quantitative estimate of drug-likeness (QED) is 0.183. The van der Waals surface area contributed by atoms with E-state index in [1.54, 1.807) is 0 Å². The molecule has 232 valence electrons. The van der Waals surface area contributed by atoms with E-state index in [0.717, 1.165) is 16.6 Å². The standard InChI is InChI=1S/C42H54NO/c1-31(36-20-14-17-34(27-36)30-44)41(38-22-13-16-33(26-38)29-43(6)24-11-8-12-25-43)40(35-18-9-7-10-19-35)32(2)37-21-15-23-39(28-37)42(3,4)5/h7,9-10,13-23,26-28,31-32,40-41,44H,8,11-12,24-25,29-30H2,1-6H3/q+1. The SMILES string of the molecule is CC(c1cccc(C(C)(C)C)c1)C(c1ccccc1)C(c1cccc(C[N+]2(C)CCCCC2)c1)C(C)c1cccc(CO)c1. The molecular formula is C42H54NO+. The van der Waals surface area contributed by atoms with Crippen LogP contribution in [0.1, 0.15) is 116 Å². The summed E-state index contributed by atoms with van der Waals surface area (Å²) in [7, 11) is 2.45. The van der Waals surface area contributed by atoms with Crippen LogP contribution in [0.5, 0.6) is 0 Å². The number of rotatable bonds is 10. The molecule has 4 aromatic carbocycles. The second-order valence-corrected chi connectivity index (χ2v) is 14.8. The van der Waals surface area contributed by atoms with Gasteiger partial charge in [-0.05, 0) is 87.8 Å². The Hall–Kier alpha value is -3.20. The van der Waals surface area contributed by atoms with Gasteiger partial charge in [0.1, 0.15) is 6.54 Å². The first-order valence-corrected chi connectivity index (χ1v) is 16.9. The molecule has 5 rings (SSSR count). The molecule has 4 unspecified atom stereocenters. The van der Waals surface area contributed by atoms with Crippen molar-refractivity contribution in [3.05, 3.63) is 142 Å². The minimum atomic E-state index is 0.0648. The molecule has 0 aliphatic carbocycles. The summed E-state index contributed by atoms with van der Waals surface area (Å²) in [5.41, 5.74) is 9.39. The number of hydrogen-bond acceptors (Lipinski definition) is 1. The number of likely N-dealkylation sites (tertiary alicyclic amines) is 1. The summed E-state index contributed by atoms with van der Waals surface area (Å²) in [5.74, 6) is 1.04. The summed E-state index contributed by atoms with van der Waals surface area (Å²) in [4.78, 5) is 0. The molecule has 0 bridgehead atoms. The van der Waals surface area contributed by atoms with Crippen LogP contribution in [0, 0.1) is 0 Å². The summed E-state index contributed by atoms with van der Waals surface area (Å²) in [5, 5.41) is 10.0. The molecular weight excluding hydrogens is 534 g/mol. The highest BCUT2D eigenvalue weighted by atomic mass is 16.3. The molecule has 1 fully saturated rings. The lowest BCUT2D eigenvalue weighted by atomic mass is 9.66. The molecule has 1 aliphatic heterocycles. The zero-order valence-corrected chi connectivity index (χ0v) is 28.0. The Morgan fingerprint density at radius 1 is 0.614 bits per heavy atom. The smallest absolute Gasteiger partial charge is 0.104 e. The van der Waals surface area contributed by atoms with E-state index >= 15 is 0 Å². The first kappa shape index (κ1) is 32.2. The largest absolute Gasteiger partial charge is 0.392 e. The predicted octanol–water partition coefficient (Wildman–Crippen LogP) is 10.1. The fourth-order valence-electron chi connectivity index (χ4n) is 7.74. The van der Waals surface area contributed by atoms with Crippen LogP contribution >= 0.6 is 0 Å².